The molecule has 1 aliphatic rings. The summed E-state index contributed by atoms with van der Waals surface area (Å²) in [5.74, 6) is 1.80. The standard InChI is InChI=1S/C27H30FN5O3/c1-18-8-14-32(30-18)15-11-26(34)31-12-9-21(10-13-31)33-23-6-5-20(28)17-22(23)29-27(33)19-4-7-24(35-2)25(16-19)36-3/h4-8,14,16-17,21H,9-13,15H2,1-3H3. The van der Waals surface area contributed by atoms with E-state index in [1.807, 2.05) is 47.0 Å². The van der Waals surface area contributed by atoms with Gasteiger partial charge in [0, 0.05) is 49.9 Å². The summed E-state index contributed by atoms with van der Waals surface area (Å²) >= 11 is 0. The number of ether oxygens (including phenoxy) is 2. The number of fused-ring (bicyclic) bond motifs is 1. The molecule has 0 spiro atoms. The minimum Gasteiger partial charge on any atom is -0.493 e. The van der Waals surface area contributed by atoms with E-state index in [9.17, 15) is 9.18 Å². The predicted molar refractivity (Wildman–Crippen MR) is 135 cm³/mol. The topological polar surface area (TPSA) is 74.4 Å². The maximum Gasteiger partial charge on any atom is 0.224 e. The van der Waals surface area contributed by atoms with Crippen LogP contribution in [-0.4, -0.2) is 57.4 Å². The van der Waals surface area contributed by atoms with Gasteiger partial charge >= 0.3 is 0 Å². The summed E-state index contributed by atoms with van der Waals surface area (Å²) in [4.78, 5) is 19.6. The number of amides is 1. The number of rotatable bonds is 7. The number of aromatic nitrogens is 4. The van der Waals surface area contributed by atoms with Crippen molar-refractivity contribution < 1.29 is 18.7 Å². The summed E-state index contributed by atoms with van der Waals surface area (Å²) in [5.41, 5.74) is 3.28. The monoisotopic (exact) mass is 491 g/mol. The van der Waals surface area contributed by atoms with Crippen LogP contribution in [0.15, 0.2) is 48.7 Å². The number of imidazole rings is 1. The van der Waals surface area contributed by atoms with Crippen molar-refractivity contribution in [3.63, 3.8) is 0 Å². The molecule has 4 aromatic rings. The van der Waals surface area contributed by atoms with Crippen molar-refractivity contribution in [3.8, 4) is 22.9 Å². The highest BCUT2D eigenvalue weighted by atomic mass is 19.1. The quantitative estimate of drug-likeness (QED) is 0.377. The Balaban J connectivity index is 1.38. The predicted octanol–water partition coefficient (Wildman–Crippen LogP) is 4.62. The van der Waals surface area contributed by atoms with Crippen molar-refractivity contribution in [3.05, 3.63) is 60.2 Å². The molecule has 2 aromatic carbocycles. The highest BCUT2D eigenvalue weighted by Gasteiger charge is 2.27. The number of hydrogen-bond donors (Lipinski definition) is 0. The SMILES string of the molecule is COc1ccc(-c2nc3cc(F)ccc3n2C2CCN(C(=O)CCn3ccc(C)n3)CC2)cc1OC. The van der Waals surface area contributed by atoms with E-state index in [0.717, 1.165) is 35.4 Å². The maximum absolute atomic E-state index is 14.0. The Bertz CT molecular complexity index is 1390. The first kappa shape index (κ1) is 23.8. The van der Waals surface area contributed by atoms with Crippen molar-refractivity contribution in [1.29, 1.82) is 0 Å². The number of piperidine rings is 1. The largest absolute Gasteiger partial charge is 0.493 e. The molecule has 188 valence electrons. The minimum absolute atomic E-state index is 0.126. The minimum atomic E-state index is -0.321. The average molecular weight is 492 g/mol. The lowest BCUT2D eigenvalue weighted by molar-refractivity contribution is -0.132. The molecule has 1 fully saturated rings. The van der Waals surface area contributed by atoms with Gasteiger partial charge in [0.1, 0.15) is 11.6 Å². The van der Waals surface area contributed by atoms with Crippen LogP contribution < -0.4 is 9.47 Å². The average Bonchev–Trinajstić information content (AvgIpc) is 3.49. The van der Waals surface area contributed by atoms with Crippen LogP contribution in [0.4, 0.5) is 4.39 Å². The van der Waals surface area contributed by atoms with Crippen LogP contribution in [0.3, 0.4) is 0 Å². The van der Waals surface area contributed by atoms with E-state index >= 15 is 0 Å². The molecule has 3 heterocycles. The molecule has 8 nitrogen and oxygen atoms in total. The van der Waals surface area contributed by atoms with Crippen molar-refractivity contribution in [1.82, 2.24) is 24.2 Å². The molecular formula is C27H30FN5O3. The first-order chi connectivity index (χ1) is 17.5. The molecule has 1 saturated heterocycles. The Morgan fingerprint density at radius 3 is 2.53 bits per heavy atom. The highest BCUT2D eigenvalue weighted by molar-refractivity contribution is 5.81. The first-order valence-electron chi connectivity index (χ1n) is 12.1. The van der Waals surface area contributed by atoms with Gasteiger partial charge in [0.2, 0.25) is 5.91 Å². The van der Waals surface area contributed by atoms with Crippen molar-refractivity contribution in [2.24, 2.45) is 0 Å². The molecule has 2 aromatic heterocycles. The molecule has 0 aliphatic carbocycles. The van der Waals surface area contributed by atoms with Crippen LogP contribution in [0.25, 0.3) is 22.4 Å². The molecule has 0 atom stereocenters. The molecule has 1 aliphatic heterocycles. The molecule has 0 unspecified atom stereocenters. The van der Waals surface area contributed by atoms with E-state index in [4.69, 9.17) is 14.5 Å². The van der Waals surface area contributed by atoms with Crippen LogP contribution in [0.2, 0.25) is 0 Å². The van der Waals surface area contributed by atoms with Gasteiger partial charge < -0.3 is 18.9 Å². The number of hydrogen-bond acceptors (Lipinski definition) is 5. The van der Waals surface area contributed by atoms with Crippen LogP contribution >= 0.6 is 0 Å². The molecule has 0 saturated carbocycles. The van der Waals surface area contributed by atoms with Crippen molar-refractivity contribution in [2.45, 2.75) is 38.8 Å². The van der Waals surface area contributed by atoms with Crippen LogP contribution in [0.1, 0.15) is 31.0 Å². The third-order valence-corrected chi connectivity index (χ3v) is 6.80. The summed E-state index contributed by atoms with van der Waals surface area (Å²) in [6.07, 6.45) is 3.90. The van der Waals surface area contributed by atoms with Gasteiger partial charge in [-0.15, -0.1) is 0 Å². The van der Waals surface area contributed by atoms with E-state index in [1.165, 1.54) is 12.1 Å². The van der Waals surface area contributed by atoms with Crippen LogP contribution in [0, 0.1) is 12.7 Å². The summed E-state index contributed by atoms with van der Waals surface area (Å²) in [6.45, 7) is 3.84. The van der Waals surface area contributed by atoms with Gasteiger partial charge in [0.05, 0.1) is 30.9 Å². The number of halogens is 1. The second kappa shape index (κ2) is 10.0. The molecule has 0 radical (unpaired) electrons. The lowest BCUT2D eigenvalue weighted by atomic mass is 10.0. The van der Waals surface area contributed by atoms with Gasteiger partial charge in [0.25, 0.3) is 0 Å². The number of nitrogens with zero attached hydrogens (tertiary/aromatic N) is 5. The van der Waals surface area contributed by atoms with Gasteiger partial charge in [-0.2, -0.15) is 5.10 Å². The normalized spacial score (nSPS) is 14.4. The lowest BCUT2D eigenvalue weighted by Gasteiger charge is -2.33. The summed E-state index contributed by atoms with van der Waals surface area (Å²) in [6, 6.07) is 12.5. The molecule has 0 bridgehead atoms. The Labute approximate surface area is 209 Å². The molecule has 36 heavy (non-hydrogen) atoms. The van der Waals surface area contributed by atoms with E-state index in [1.54, 1.807) is 20.3 Å². The zero-order valence-corrected chi connectivity index (χ0v) is 20.8. The Hall–Kier alpha value is -3.88. The van der Waals surface area contributed by atoms with Gasteiger partial charge in [-0.05, 0) is 56.2 Å². The highest BCUT2D eigenvalue weighted by Crippen LogP contribution is 2.37. The number of aryl methyl sites for hydroxylation is 2. The second-order valence-corrected chi connectivity index (χ2v) is 9.09. The summed E-state index contributed by atoms with van der Waals surface area (Å²) in [7, 11) is 3.20. The summed E-state index contributed by atoms with van der Waals surface area (Å²) < 4.78 is 28.9. The third-order valence-electron chi connectivity index (χ3n) is 6.80. The zero-order chi connectivity index (χ0) is 25.2. The van der Waals surface area contributed by atoms with E-state index < -0.39 is 0 Å². The number of benzene rings is 2. The van der Waals surface area contributed by atoms with Gasteiger partial charge in [0.15, 0.2) is 11.5 Å². The number of carbonyl (C=O) groups excluding carboxylic acids is 1. The fourth-order valence-electron chi connectivity index (χ4n) is 4.95. The Kier molecular flexibility index (Phi) is 6.63. The van der Waals surface area contributed by atoms with Crippen LogP contribution in [0.5, 0.6) is 11.5 Å². The second-order valence-electron chi connectivity index (χ2n) is 9.09. The third kappa shape index (κ3) is 4.65. The fourth-order valence-corrected chi connectivity index (χ4v) is 4.95. The number of likely N-dealkylation sites (tertiary alicyclic amines) is 1. The van der Waals surface area contributed by atoms with Crippen molar-refractivity contribution >= 4 is 16.9 Å². The van der Waals surface area contributed by atoms with Gasteiger partial charge in [-0.25, -0.2) is 9.37 Å². The molecule has 9 heteroatoms. The number of carbonyl (C=O) groups is 1. The molecular weight excluding hydrogens is 461 g/mol. The first-order valence-corrected chi connectivity index (χ1v) is 12.1. The lowest BCUT2D eigenvalue weighted by Crippen LogP contribution is -2.39. The Morgan fingerprint density at radius 2 is 1.83 bits per heavy atom. The maximum atomic E-state index is 14.0. The summed E-state index contributed by atoms with van der Waals surface area (Å²) in [5, 5.41) is 4.36. The fraction of sp³-hybridized carbons (Fsp3) is 0.370. The van der Waals surface area contributed by atoms with Gasteiger partial charge in [-0.3, -0.25) is 9.48 Å². The molecule has 0 N–H and O–H groups in total. The van der Waals surface area contributed by atoms with Crippen LogP contribution in [-0.2, 0) is 11.3 Å². The molecule has 1 amide bonds. The smallest absolute Gasteiger partial charge is 0.224 e. The molecule has 5 rings (SSSR count). The zero-order valence-electron chi connectivity index (χ0n) is 20.8. The van der Waals surface area contributed by atoms with Crippen molar-refractivity contribution in [2.75, 3.05) is 27.3 Å². The van der Waals surface area contributed by atoms with Gasteiger partial charge in [-0.1, -0.05) is 0 Å². The van der Waals surface area contributed by atoms with E-state index in [2.05, 4.69) is 9.67 Å². The van der Waals surface area contributed by atoms with E-state index in [0.29, 0.717) is 43.1 Å². The Morgan fingerprint density at radius 1 is 1.06 bits per heavy atom. The number of methoxy groups -OCH3 is 2. The van der Waals surface area contributed by atoms with E-state index in [-0.39, 0.29) is 17.8 Å².